The molecule has 0 saturated heterocycles. The van der Waals surface area contributed by atoms with Crippen LogP contribution < -0.4 is 0 Å². The summed E-state index contributed by atoms with van der Waals surface area (Å²) in [4.78, 5) is 4.04. The Kier molecular flexibility index (Phi) is 2.67. The molecular weight excluding hydrogens is 237 g/mol. The summed E-state index contributed by atoms with van der Waals surface area (Å²) in [6, 6.07) is 5.01. The fraction of sp³-hybridized carbons (Fsp3) is 0.200. The summed E-state index contributed by atoms with van der Waals surface area (Å²) in [7, 11) is 0. The summed E-state index contributed by atoms with van der Waals surface area (Å²) in [6.45, 7) is 1.76. The van der Waals surface area contributed by atoms with Gasteiger partial charge in [-0.2, -0.15) is 17.5 Å². The Bertz CT molecular complexity index is 505. The van der Waals surface area contributed by atoms with E-state index in [-0.39, 0.29) is 0 Å². The second-order valence-electron chi connectivity index (χ2n) is 3.22. The lowest BCUT2D eigenvalue weighted by Gasteiger charge is -2.06. The number of aryl methyl sites for hydroxylation is 1. The quantitative estimate of drug-likeness (QED) is 0.766. The Morgan fingerprint density at radius 1 is 1.25 bits per heavy atom. The average molecular weight is 244 g/mol. The number of nitrogens with zero attached hydrogens (tertiary/aromatic N) is 2. The lowest BCUT2D eigenvalue weighted by molar-refractivity contribution is -0.137. The van der Waals surface area contributed by atoms with Gasteiger partial charge in [-0.05, 0) is 30.6 Å². The van der Waals surface area contributed by atoms with Crippen LogP contribution in [0.25, 0.3) is 11.4 Å². The number of hydrogen-bond acceptors (Lipinski definition) is 3. The smallest absolute Gasteiger partial charge is 0.220 e. The molecule has 2 rings (SSSR count). The van der Waals surface area contributed by atoms with Gasteiger partial charge in [0, 0.05) is 5.56 Å². The van der Waals surface area contributed by atoms with Gasteiger partial charge in [0.15, 0.2) is 5.82 Å². The maximum atomic E-state index is 12.5. The third-order valence-corrected chi connectivity index (χ3v) is 2.60. The van der Waals surface area contributed by atoms with Crippen LogP contribution in [0.4, 0.5) is 13.2 Å². The minimum absolute atomic E-state index is 0.341. The Labute approximate surface area is 93.9 Å². The first-order valence-electron chi connectivity index (χ1n) is 4.45. The van der Waals surface area contributed by atoms with Crippen molar-refractivity contribution in [2.45, 2.75) is 13.1 Å². The lowest BCUT2D eigenvalue weighted by atomic mass is 10.1. The molecule has 0 atom stereocenters. The molecule has 0 aliphatic heterocycles. The van der Waals surface area contributed by atoms with Crippen LogP contribution >= 0.6 is 11.5 Å². The summed E-state index contributed by atoms with van der Waals surface area (Å²) in [6.07, 6.45) is -4.33. The minimum Gasteiger partial charge on any atom is -0.220 e. The van der Waals surface area contributed by atoms with Gasteiger partial charge in [-0.3, -0.25) is 0 Å². The van der Waals surface area contributed by atoms with Gasteiger partial charge >= 0.3 is 6.18 Å². The molecule has 0 saturated carbocycles. The van der Waals surface area contributed by atoms with E-state index in [1.807, 2.05) is 0 Å². The number of halogens is 3. The van der Waals surface area contributed by atoms with Crippen LogP contribution in [0.2, 0.25) is 0 Å². The van der Waals surface area contributed by atoms with Crippen LogP contribution in [0.1, 0.15) is 10.6 Å². The summed E-state index contributed by atoms with van der Waals surface area (Å²) in [5.41, 5.74) is -0.295. The zero-order chi connectivity index (χ0) is 11.8. The fourth-order valence-electron chi connectivity index (χ4n) is 1.25. The van der Waals surface area contributed by atoms with Gasteiger partial charge in [-0.15, -0.1) is 0 Å². The maximum absolute atomic E-state index is 12.5. The van der Waals surface area contributed by atoms with Gasteiger partial charge in [0.25, 0.3) is 0 Å². The highest BCUT2D eigenvalue weighted by molar-refractivity contribution is 7.05. The monoisotopic (exact) mass is 244 g/mol. The van der Waals surface area contributed by atoms with Crippen molar-refractivity contribution in [2.75, 3.05) is 0 Å². The van der Waals surface area contributed by atoms with Gasteiger partial charge in [-0.25, -0.2) is 4.98 Å². The Morgan fingerprint density at radius 3 is 2.56 bits per heavy atom. The fourth-order valence-corrected chi connectivity index (χ4v) is 1.74. The van der Waals surface area contributed by atoms with Crippen LogP contribution in [-0.2, 0) is 6.18 Å². The van der Waals surface area contributed by atoms with Gasteiger partial charge in [0.05, 0.1) is 5.56 Å². The number of benzene rings is 1. The van der Waals surface area contributed by atoms with Crippen molar-refractivity contribution < 1.29 is 13.2 Å². The first-order valence-corrected chi connectivity index (χ1v) is 5.22. The first-order chi connectivity index (χ1) is 7.47. The second kappa shape index (κ2) is 3.86. The molecule has 0 spiro atoms. The lowest BCUT2D eigenvalue weighted by Crippen LogP contribution is -2.04. The Balaban J connectivity index is 2.44. The van der Waals surface area contributed by atoms with Crippen molar-refractivity contribution >= 4 is 11.5 Å². The minimum atomic E-state index is -4.33. The normalized spacial score (nSPS) is 11.8. The molecule has 0 unspecified atom stereocenters. The predicted molar refractivity (Wildman–Crippen MR) is 55.1 cm³/mol. The maximum Gasteiger partial charge on any atom is 0.416 e. The van der Waals surface area contributed by atoms with Gasteiger partial charge in [-0.1, -0.05) is 12.1 Å². The number of alkyl halides is 3. The van der Waals surface area contributed by atoms with E-state index in [0.29, 0.717) is 11.4 Å². The molecule has 2 nitrogen and oxygen atoms in total. The Morgan fingerprint density at radius 2 is 2.00 bits per heavy atom. The van der Waals surface area contributed by atoms with E-state index in [9.17, 15) is 13.2 Å². The zero-order valence-corrected chi connectivity index (χ0v) is 9.06. The summed E-state index contributed by atoms with van der Waals surface area (Å²) < 4.78 is 41.3. The molecule has 1 heterocycles. The van der Waals surface area contributed by atoms with Crippen LogP contribution in [0.5, 0.6) is 0 Å². The summed E-state index contributed by atoms with van der Waals surface area (Å²) in [5.74, 6) is 0.341. The molecule has 6 heteroatoms. The average Bonchev–Trinajstić information content (AvgIpc) is 2.64. The second-order valence-corrected chi connectivity index (χ2v) is 4.17. The number of hydrogen-bond donors (Lipinski definition) is 0. The highest BCUT2D eigenvalue weighted by Crippen LogP contribution is 2.31. The summed E-state index contributed by atoms with van der Waals surface area (Å²) >= 11 is 1.17. The molecule has 0 amide bonds. The van der Waals surface area contributed by atoms with Crippen LogP contribution in [0.15, 0.2) is 24.3 Å². The van der Waals surface area contributed by atoms with E-state index in [1.54, 1.807) is 13.0 Å². The third kappa shape index (κ3) is 2.21. The van der Waals surface area contributed by atoms with Crippen molar-refractivity contribution in [1.29, 1.82) is 0 Å². The third-order valence-electron chi connectivity index (χ3n) is 1.98. The molecule has 0 aliphatic carbocycles. The van der Waals surface area contributed by atoms with E-state index >= 15 is 0 Å². The predicted octanol–water partition coefficient (Wildman–Crippen LogP) is 3.53. The van der Waals surface area contributed by atoms with E-state index in [2.05, 4.69) is 9.36 Å². The molecule has 1 aromatic carbocycles. The molecule has 84 valence electrons. The number of rotatable bonds is 1. The van der Waals surface area contributed by atoms with Crippen molar-refractivity contribution in [3.8, 4) is 11.4 Å². The molecular formula is C10H7F3N2S. The van der Waals surface area contributed by atoms with E-state index < -0.39 is 11.7 Å². The van der Waals surface area contributed by atoms with Crippen LogP contribution in [-0.4, -0.2) is 9.36 Å². The largest absolute Gasteiger partial charge is 0.416 e. The summed E-state index contributed by atoms with van der Waals surface area (Å²) in [5, 5.41) is 0.729. The van der Waals surface area contributed by atoms with E-state index in [1.165, 1.54) is 17.6 Å². The van der Waals surface area contributed by atoms with Crippen molar-refractivity contribution in [1.82, 2.24) is 9.36 Å². The van der Waals surface area contributed by atoms with Crippen LogP contribution in [0, 0.1) is 6.92 Å². The highest BCUT2D eigenvalue weighted by Gasteiger charge is 2.30. The molecule has 16 heavy (non-hydrogen) atoms. The zero-order valence-electron chi connectivity index (χ0n) is 8.25. The molecule has 2 aromatic rings. The Hall–Kier alpha value is -1.43. The van der Waals surface area contributed by atoms with E-state index in [4.69, 9.17) is 0 Å². The van der Waals surface area contributed by atoms with Crippen molar-refractivity contribution in [2.24, 2.45) is 0 Å². The molecule has 0 bridgehead atoms. The van der Waals surface area contributed by atoms with Crippen LogP contribution in [0.3, 0.4) is 0 Å². The molecule has 0 fully saturated rings. The SMILES string of the molecule is Cc1nc(-c2cccc(C(F)(F)F)c2)ns1. The number of aromatic nitrogens is 2. The standard InChI is InChI=1S/C10H7F3N2S/c1-6-14-9(15-16-6)7-3-2-4-8(5-7)10(11,12)13/h2-5H,1H3. The topological polar surface area (TPSA) is 25.8 Å². The van der Waals surface area contributed by atoms with Crippen molar-refractivity contribution in [3.63, 3.8) is 0 Å². The van der Waals surface area contributed by atoms with Gasteiger partial charge in [0.2, 0.25) is 0 Å². The molecule has 0 N–H and O–H groups in total. The van der Waals surface area contributed by atoms with Crippen molar-refractivity contribution in [3.05, 3.63) is 34.8 Å². The first kappa shape index (κ1) is 11.1. The molecule has 1 aromatic heterocycles. The molecule has 0 radical (unpaired) electrons. The highest BCUT2D eigenvalue weighted by atomic mass is 32.1. The van der Waals surface area contributed by atoms with E-state index in [0.717, 1.165) is 17.1 Å². The molecule has 0 aliphatic rings. The van der Waals surface area contributed by atoms with Gasteiger partial charge in [0.1, 0.15) is 5.01 Å². The van der Waals surface area contributed by atoms with Gasteiger partial charge < -0.3 is 0 Å².